The molecule has 4 nitrogen and oxygen atoms in total. The van der Waals surface area contributed by atoms with E-state index in [0.717, 1.165) is 43.5 Å². The number of rotatable bonds is 2. The van der Waals surface area contributed by atoms with Crippen LogP contribution in [0.15, 0.2) is 24.3 Å². The van der Waals surface area contributed by atoms with Gasteiger partial charge in [-0.15, -0.1) is 0 Å². The number of aromatic nitrogens is 2. The first-order valence-corrected chi connectivity index (χ1v) is 6.84. The number of hydrogen-bond donors (Lipinski definition) is 2. The zero-order valence-electron chi connectivity index (χ0n) is 11.5. The highest BCUT2D eigenvalue weighted by Crippen LogP contribution is 2.26. The van der Waals surface area contributed by atoms with Crippen LogP contribution in [0.3, 0.4) is 0 Å². The van der Waals surface area contributed by atoms with Crippen molar-refractivity contribution in [3.05, 3.63) is 35.5 Å². The molecule has 0 spiro atoms. The third-order valence-corrected chi connectivity index (χ3v) is 3.69. The summed E-state index contributed by atoms with van der Waals surface area (Å²) in [7, 11) is 0. The predicted molar refractivity (Wildman–Crippen MR) is 78.6 cm³/mol. The summed E-state index contributed by atoms with van der Waals surface area (Å²) in [5.74, 6) is 0.997. The lowest BCUT2D eigenvalue weighted by Gasteiger charge is -2.26. The molecule has 2 heterocycles. The molecule has 1 fully saturated rings. The van der Waals surface area contributed by atoms with Crippen LogP contribution in [0.1, 0.15) is 11.3 Å². The molecule has 0 radical (unpaired) electrons. The maximum Gasteiger partial charge on any atom is 0.203 e. The Bertz CT molecular complexity index is 567. The molecule has 0 unspecified atom stereocenters. The van der Waals surface area contributed by atoms with E-state index >= 15 is 0 Å². The van der Waals surface area contributed by atoms with Gasteiger partial charge >= 0.3 is 0 Å². The van der Waals surface area contributed by atoms with Crippen LogP contribution in [0.5, 0.6) is 0 Å². The fourth-order valence-electron chi connectivity index (χ4n) is 2.57. The maximum atomic E-state index is 4.81. The summed E-state index contributed by atoms with van der Waals surface area (Å²) in [4.78, 5) is 10.5. The fourth-order valence-corrected chi connectivity index (χ4v) is 2.57. The molecule has 0 aliphatic carbocycles. The molecule has 4 heteroatoms. The van der Waals surface area contributed by atoms with Crippen LogP contribution in [-0.2, 0) is 0 Å². The van der Waals surface area contributed by atoms with Crippen molar-refractivity contribution >= 4 is 5.95 Å². The number of imidazole rings is 1. The Morgan fingerprint density at radius 1 is 1.11 bits per heavy atom. The van der Waals surface area contributed by atoms with Gasteiger partial charge in [0.05, 0.1) is 5.69 Å². The summed E-state index contributed by atoms with van der Waals surface area (Å²) in [6.07, 6.45) is 0. The van der Waals surface area contributed by atoms with Gasteiger partial charge < -0.3 is 15.2 Å². The van der Waals surface area contributed by atoms with Gasteiger partial charge in [-0.1, -0.05) is 24.3 Å². The summed E-state index contributed by atoms with van der Waals surface area (Å²) in [5.41, 5.74) is 4.70. The van der Waals surface area contributed by atoms with Crippen molar-refractivity contribution in [3.8, 4) is 11.3 Å². The lowest BCUT2D eigenvalue weighted by Crippen LogP contribution is -2.44. The van der Waals surface area contributed by atoms with Crippen molar-refractivity contribution in [2.45, 2.75) is 13.8 Å². The minimum absolute atomic E-state index is 0.997. The Hall–Kier alpha value is -1.81. The van der Waals surface area contributed by atoms with E-state index in [1.807, 2.05) is 0 Å². The number of piperazine rings is 1. The quantitative estimate of drug-likeness (QED) is 0.865. The number of hydrogen-bond acceptors (Lipinski definition) is 3. The summed E-state index contributed by atoms with van der Waals surface area (Å²) in [5, 5.41) is 3.36. The van der Waals surface area contributed by atoms with Crippen LogP contribution in [0.2, 0.25) is 0 Å². The van der Waals surface area contributed by atoms with Crippen molar-refractivity contribution in [2.24, 2.45) is 0 Å². The molecule has 3 rings (SSSR count). The molecule has 19 heavy (non-hydrogen) atoms. The lowest BCUT2D eigenvalue weighted by atomic mass is 10.1. The summed E-state index contributed by atoms with van der Waals surface area (Å²) in [6, 6.07) is 8.41. The van der Waals surface area contributed by atoms with E-state index in [4.69, 9.17) is 4.98 Å². The van der Waals surface area contributed by atoms with E-state index in [1.165, 1.54) is 11.1 Å². The van der Waals surface area contributed by atoms with Gasteiger partial charge in [0, 0.05) is 37.4 Å². The highest BCUT2D eigenvalue weighted by atomic mass is 15.3. The Morgan fingerprint density at radius 3 is 2.58 bits per heavy atom. The molecular weight excluding hydrogens is 236 g/mol. The van der Waals surface area contributed by atoms with Gasteiger partial charge in [0.1, 0.15) is 0 Å². The van der Waals surface area contributed by atoms with Gasteiger partial charge in [0.15, 0.2) is 0 Å². The average molecular weight is 256 g/mol. The molecule has 0 saturated carbocycles. The van der Waals surface area contributed by atoms with Crippen LogP contribution in [0.25, 0.3) is 11.3 Å². The van der Waals surface area contributed by atoms with Crippen LogP contribution in [0.4, 0.5) is 5.95 Å². The molecule has 1 aromatic carbocycles. The van der Waals surface area contributed by atoms with Crippen molar-refractivity contribution < 1.29 is 0 Å². The first-order valence-electron chi connectivity index (χ1n) is 6.84. The van der Waals surface area contributed by atoms with E-state index in [-0.39, 0.29) is 0 Å². The van der Waals surface area contributed by atoms with Crippen LogP contribution < -0.4 is 10.2 Å². The first kappa shape index (κ1) is 12.2. The second-order valence-corrected chi connectivity index (χ2v) is 5.09. The molecule has 1 aromatic heterocycles. The Kier molecular flexibility index (Phi) is 3.25. The minimum atomic E-state index is 0.997. The first-order chi connectivity index (χ1) is 9.25. The van der Waals surface area contributed by atoms with Gasteiger partial charge in [-0.3, -0.25) is 0 Å². The van der Waals surface area contributed by atoms with Gasteiger partial charge in [-0.05, 0) is 19.4 Å². The smallest absolute Gasteiger partial charge is 0.203 e. The maximum absolute atomic E-state index is 4.81. The van der Waals surface area contributed by atoms with Crippen molar-refractivity contribution in [3.63, 3.8) is 0 Å². The van der Waals surface area contributed by atoms with E-state index in [9.17, 15) is 0 Å². The Balaban J connectivity index is 1.95. The van der Waals surface area contributed by atoms with Crippen molar-refractivity contribution in [2.75, 3.05) is 31.1 Å². The summed E-state index contributed by atoms with van der Waals surface area (Å²) in [6.45, 7) is 8.31. The molecule has 0 bridgehead atoms. The van der Waals surface area contributed by atoms with Gasteiger partial charge in [-0.25, -0.2) is 4.98 Å². The monoisotopic (exact) mass is 256 g/mol. The number of anilines is 1. The SMILES string of the molecule is Cc1ccccc1-c1nc(N2CCNCC2)[nH]c1C. The second kappa shape index (κ2) is 5.05. The third kappa shape index (κ3) is 2.36. The van der Waals surface area contributed by atoms with E-state index in [2.05, 4.69) is 53.3 Å². The molecule has 2 N–H and O–H groups in total. The molecule has 1 saturated heterocycles. The largest absolute Gasteiger partial charge is 0.340 e. The van der Waals surface area contributed by atoms with Gasteiger partial charge in [0.25, 0.3) is 0 Å². The molecular formula is C15H20N4. The van der Waals surface area contributed by atoms with Gasteiger partial charge in [-0.2, -0.15) is 0 Å². The van der Waals surface area contributed by atoms with Crippen molar-refractivity contribution in [1.29, 1.82) is 0 Å². The minimum Gasteiger partial charge on any atom is -0.340 e. The number of benzene rings is 1. The number of H-pyrrole nitrogens is 1. The fraction of sp³-hybridized carbons (Fsp3) is 0.400. The number of aryl methyl sites for hydroxylation is 2. The molecule has 1 aliphatic rings. The lowest BCUT2D eigenvalue weighted by molar-refractivity contribution is 0.581. The highest BCUT2D eigenvalue weighted by molar-refractivity contribution is 5.67. The topological polar surface area (TPSA) is 44.0 Å². The standard InChI is InChI=1S/C15H20N4/c1-11-5-3-4-6-13(11)14-12(2)17-15(18-14)19-9-7-16-8-10-19/h3-6,16H,7-10H2,1-2H3,(H,17,18). The van der Waals surface area contributed by atoms with E-state index in [1.54, 1.807) is 0 Å². The predicted octanol–water partition coefficient (Wildman–Crippen LogP) is 2.10. The second-order valence-electron chi connectivity index (χ2n) is 5.09. The molecule has 2 aromatic rings. The number of aromatic amines is 1. The molecule has 100 valence electrons. The average Bonchev–Trinajstić information content (AvgIpc) is 2.82. The third-order valence-electron chi connectivity index (χ3n) is 3.69. The zero-order chi connectivity index (χ0) is 13.2. The van der Waals surface area contributed by atoms with Crippen LogP contribution in [0, 0.1) is 13.8 Å². The Morgan fingerprint density at radius 2 is 1.84 bits per heavy atom. The van der Waals surface area contributed by atoms with Crippen molar-refractivity contribution in [1.82, 2.24) is 15.3 Å². The molecule has 1 aliphatic heterocycles. The molecule has 0 atom stereocenters. The summed E-state index contributed by atoms with van der Waals surface area (Å²) < 4.78 is 0. The normalized spacial score (nSPS) is 15.8. The molecule has 0 amide bonds. The summed E-state index contributed by atoms with van der Waals surface area (Å²) >= 11 is 0. The Labute approximate surface area is 113 Å². The highest BCUT2D eigenvalue weighted by Gasteiger charge is 2.17. The van der Waals surface area contributed by atoms with Crippen LogP contribution in [-0.4, -0.2) is 36.1 Å². The van der Waals surface area contributed by atoms with Gasteiger partial charge in [0.2, 0.25) is 5.95 Å². The number of nitrogens with one attached hydrogen (secondary N) is 2. The van der Waals surface area contributed by atoms with E-state index < -0.39 is 0 Å². The van der Waals surface area contributed by atoms with E-state index in [0.29, 0.717) is 0 Å². The number of nitrogens with zero attached hydrogens (tertiary/aromatic N) is 2. The van der Waals surface area contributed by atoms with Crippen LogP contribution >= 0.6 is 0 Å². The zero-order valence-corrected chi connectivity index (χ0v) is 11.5.